The van der Waals surface area contributed by atoms with Crippen molar-refractivity contribution in [3.05, 3.63) is 131 Å². The summed E-state index contributed by atoms with van der Waals surface area (Å²) in [4.78, 5) is 23.8. The highest BCUT2D eigenvalue weighted by Gasteiger charge is 2.68. The van der Waals surface area contributed by atoms with Crippen LogP contribution < -0.4 is 9.47 Å². The van der Waals surface area contributed by atoms with Crippen LogP contribution in [-0.2, 0) is 38.3 Å². The summed E-state index contributed by atoms with van der Waals surface area (Å²) in [6.45, 7) is -3.47. The Labute approximate surface area is 391 Å². The molecule has 30 heteroatoms. The number of oxime groups is 2. The van der Waals surface area contributed by atoms with Crippen molar-refractivity contribution in [3.63, 3.8) is 0 Å². The molecule has 0 atom stereocenters. The van der Waals surface area contributed by atoms with E-state index in [9.17, 15) is 87.9 Å². The lowest BCUT2D eigenvalue weighted by molar-refractivity contribution is -0.169. The predicted molar refractivity (Wildman–Crippen MR) is 216 cm³/mol. The number of halogens is 14. The summed E-state index contributed by atoms with van der Waals surface area (Å²) in [5.74, 6) is -13.9. The Morgan fingerprint density at radius 2 is 0.732 bits per heavy atom. The molecule has 0 aliphatic carbocycles. The fraction of sp³-hybridized carbons (Fsp3) is 0.317. The molecule has 0 aliphatic heterocycles. The number of ether oxygens (including phenoxy) is 4. The van der Waals surface area contributed by atoms with Crippen LogP contribution in [0, 0.1) is 0 Å². The maximum absolute atomic E-state index is 14.5. The van der Waals surface area contributed by atoms with Crippen molar-refractivity contribution in [2.45, 2.75) is 54.0 Å². The Morgan fingerprint density at radius 3 is 1.03 bits per heavy atom. The van der Waals surface area contributed by atoms with Gasteiger partial charge in [0.1, 0.15) is 11.5 Å². The molecule has 0 unspecified atom stereocenters. The first-order valence-electron chi connectivity index (χ1n) is 19.4. The van der Waals surface area contributed by atoms with Crippen molar-refractivity contribution in [2.75, 3.05) is 26.4 Å². The van der Waals surface area contributed by atoms with Crippen LogP contribution in [0.1, 0.15) is 51.1 Å². The van der Waals surface area contributed by atoms with Gasteiger partial charge in [0.2, 0.25) is 0 Å². The normalized spacial score (nSPS) is 13.5. The first-order chi connectivity index (χ1) is 32.8. The Hall–Kier alpha value is -6.72. The third kappa shape index (κ3) is 14.7. The van der Waals surface area contributed by atoms with E-state index >= 15 is 0 Å². The lowest BCUT2D eigenvalue weighted by Crippen LogP contribution is -2.48. The highest BCUT2D eigenvalue weighted by atomic mass is 32.2. The van der Waals surface area contributed by atoms with E-state index in [4.69, 9.17) is 9.47 Å². The summed E-state index contributed by atoms with van der Waals surface area (Å²) < 4.78 is 273. The minimum absolute atomic E-state index is 0.0615. The van der Waals surface area contributed by atoms with Crippen molar-refractivity contribution in [2.24, 2.45) is 10.3 Å². The number of benzene rings is 4. The minimum atomic E-state index is -6.94. The zero-order valence-corrected chi connectivity index (χ0v) is 36.9. The molecule has 0 heterocycles. The van der Waals surface area contributed by atoms with Crippen LogP contribution in [0.3, 0.4) is 0 Å². The van der Waals surface area contributed by atoms with Gasteiger partial charge in [-0.05, 0) is 72.8 Å². The highest BCUT2D eigenvalue weighted by Crippen LogP contribution is 2.44. The molecule has 0 N–H and O–H groups in total. The number of carbonyl (C=O) groups is 2. The van der Waals surface area contributed by atoms with E-state index in [0.29, 0.717) is 24.3 Å². The van der Waals surface area contributed by atoms with E-state index in [1.165, 1.54) is 60.7 Å². The van der Waals surface area contributed by atoms with Crippen LogP contribution in [0.25, 0.3) is 0 Å². The molecule has 71 heavy (non-hydrogen) atoms. The van der Waals surface area contributed by atoms with E-state index in [2.05, 4.69) is 28.4 Å². The van der Waals surface area contributed by atoms with E-state index in [1.54, 1.807) is 0 Å². The van der Waals surface area contributed by atoms with E-state index in [1.807, 2.05) is 0 Å². The van der Waals surface area contributed by atoms with Gasteiger partial charge < -0.3 is 18.9 Å². The van der Waals surface area contributed by atoms with Crippen molar-refractivity contribution in [1.29, 1.82) is 0 Å². The van der Waals surface area contributed by atoms with Gasteiger partial charge >= 0.3 is 66.9 Å². The quantitative estimate of drug-likeness (QED) is 0.0213. The molecule has 0 amide bonds. The lowest BCUT2D eigenvalue weighted by Gasteiger charge is -2.24. The number of hydrogen-bond donors (Lipinski definition) is 0. The first-order valence-corrected chi connectivity index (χ1v) is 22.2. The summed E-state index contributed by atoms with van der Waals surface area (Å²) in [6, 6.07) is 18.9. The second kappa shape index (κ2) is 22.6. The van der Waals surface area contributed by atoms with Crippen LogP contribution >= 0.6 is 0 Å². The molecule has 14 nitrogen and oxygen atoms in total. The van der Waals surface area contributed by atoms with Crippen LogP contribution in [0.5, 0.6) is 11.5 Å². The van der Waals surface area contributed by atoms with Crippen molar-refractivity contribution < 1.29 is 115 Å². The summed E-state index contributed by atoms with van der Waals surface area (Å²) >= 11 is 0. The highest BCUT2D eigenvalue weighted by molar-refractivity contribution is 7.88. The fourth-order valence-corrected chi connectivity index (χ4v) is 6.64. The number of hydrogen-bond acceptors (Lipinski definition) is 14. The van der Waals surface area contributed by atoms with Gasteiger partial charge in [-0.3, -0.25) is 8.57 Å². The molecule has 0 bridgehead atoms. The maximum Gasteiger partial charge on any atom is 0.444 e. The predicted octanol–water partition coefficient (Wildman–Crippen LogP) is 9.71. The summed E-state index contributed by atoms with van der Waals surface area (Å²) in [6.07, 6.45) is -15.5. The molecule has 0 saturated heterocycles. The van der Waals surface area contributed by atoms with Gasteiger partial charge in [0.25, 0.3) is 0 Å². The van der Waals surface area contributed by atoms with Gasteiger partial charge in [0.05, 0.1) is 50.4 Å². The number of alkyl halides is 14. The summed E-state index contributed by atoms with van der Waals surface area (Å²) in [7, 11) is -13.9. The van der Waals surface area contributed by atoms with Gasteiger partial charge in [-0.1, -0.05) is 46.7 Å². The Bertz CT molecular complexity index is 2540. The zero-order valence-electron chi connectivity index (χ0n) is 35.2. The van der Waals surface area contributed by atoms with Crippen LogP contribution in [0.2, 0.25) is 0 Å². The number of esters is 2. The van der Waals surface area contributed by atoms with Gasteiger partial charge in [0, 0.05) is 17.5 Å². The van der Waals surface area contributed by atoms with Crippen molar-refractivity contribution in [1.82, 2.24) is 0 Å². The van der Waals surface area contributed by atoms with Crippen LogP contribution in [0.4, 0.5) is 61.5 Å². The Morgan fingerprint density at radius 1 is 0.423 bits per heavy atom. The SMILES string of the molecule is O=C(OCCC(F)(F)C(F)(F)S(=O)(=O)ON=C(c1ccc(OCCCOc2ccc(C(=NOS(=O)(=O)C(F)(F)C(F)(F)CCOC(=O)c3ccccc3)C(F)(F)F)cc2)cc1)C(F)(F)F)c1ccccc1. The molecule has 0 spiro atoms. The second-order valence-electron chi connectivity index (χ2n) is 14.0. The third-order valence-corrected chi connectivity index (χ3v) is 11.3. The Kier molecular flexibility index (Phi) is 18.1. The standard InChI is InChI=1S/C41H32F14N2O12S2/c42-36(43,20-24-66-34(58)28-8-3-1-4-9-28)40(52,53)70(60,61)68-56-32(38(46,47)48)26-12-16-30(17-13-26)64-22-7-23-65-31-18-14-27(15-19-31)33(39(49,50)51)57-69-71(62,63)41(54,55)37(44,45)21-25-67-35(59)29-10-5-2-6-11-29/h1-6,8-19H,7,20-25H2. The molecular formula is C41H32F14N2O12S2. The molecule has 0 saturated carbocycles. The monoisotopic (exact) mass is 1070 g/mol. The molecule has 0 aromatic heterocycles. The zero-order chi connectivity index (χ0) is 53.1. The average molecular weight is 1070 g/mol. The molecule has 4 rings (SSSR count). The number of carbonyl (C=O) groups excluding carboxylic acids is 2. The lowest BCUT2D eigenvalue weighted by atomic mass is 10.1. The Balaban J connectivity index is 1.30. The summed E-state index contributed by atoms with van der Waals surface area (Å²) in [5, 5.41) is -8.02. The molecule has 4 aromatic carbocycles. The van der Waals surface area contributed by atoms with Crippen LogP contribution in [0.15, 0.2) is 120 Å². The van der Waals surface area contributed by atoms with Gasteiger partial charge in [0.15, 0.2) is 11.4 Å². The topological polar surface area (TPSA) is 183 Å². The van der Waals surface area contributed by atoms with Crippen LogP contribution in [-0.4, -0.2) is 101 Å². The van der Waals surface area contributed by atoms with E-state index in [0.717, 1.165) is 24.3 Å². The third-order valence-electron chi connectivity index (χ3n) is 8.87. The largest absolute Gasteiger partial charge is 0.493 e. The second-order valence-corrected chi connectivity index (χ2v) is 17.1. The number of rotatable bonds is 24. The van der Waals surface area contributed by atoms with Crippen molar-refractivity contribution >= 4 is 43.6 Å². The molecule has 0 fully saturated rings. The average Bonchev–Trinajstić information content (AvgIpc) is 3.29. The van der Waals surface area contributed by atoms with Gasteiger partial charge in [-0.15, -0.1) is 0 Å². The smallest absolute Gasteiger partial charge is 0.444 e. The molecule has 4 aromatic rings. The minimum Gasteiger partial charge on any atom is -0.493 e. The molecule has 0 radical (unpaired) electrons. The van der Waals surface area contributed by atoms with E-state index in [-0.39, 0.29) is 42.3 Å². The number of nitrogens with zero attached hydrogens (tertiary/aromatic N) is 2. The van der Waals surface area contributed by atoms with Gasteiger partial charge in [-0.25, -0.2) is 9.59 Å². The molecule has 388 valence electrons. The first kappa shape index (κ1) is 56.9. The fourth-order valence-electron chi connectivity index (χ4n) is 5.18. The van der Waals surface area contributed by atoms with Gasteiger partial charge in [-0.2, -0.15) is 78.3 Å². The van der Waals surface area contributed by atoms with E-state index < -0.39 is 115 Å². The maximum atomic E-state index is 14.5. The van der Waals surface area contributed by atoms with Crippen molar-refractivity contribution in [3.8, 4) is 11.5 Å². The molecular weight excluding hydrogens is 1040 g/mol. The summed E-state index contributed by atoms with van der Waals surface area (Å²) in [5.41, 5.74) is -6.94. The molecule has 0 aliphatic rings.